The molecule has 0 spiro atoms. The maximum absolute atomic E-state index is 11.5. The number of aromatic nitrogens is 2. The molecule has 0 aliphatic carbocycles. The number of rotatable bonds is 3. The fraction of sp³-hybridized carbons (Fsp3) is 0.636. The average molecular weight is 321 g/mol. The minimum absolute atomic E-state index is 0.130. The van der Waals surface area contributed by atoms with Crippen LogP contribution >= 0.6 is 27.5 Å². The quantitative estimate of drug-likeness (QED) is 0.870. The average Bonchev–Trinajstić information content (AvgIpc) is 2.33. The molecule has 0 radical (unpaired) electrons. The number of hydrogen-bond donors (Lipinski definition) is 1. The minimum atomic E-state index is -0.130. The van der Waals surface area contributed by atoms with E-state index < -0.39 is 0 Å². The molecule has 2 heterocycles. The van der Waals surface area contributed by atoms with Crippen molar-refractivity contribution in [3.63, 3.8) is 0 Å². The molecule has 1 N–H and O–H groups in total. The first-order chi connectivity index (χ1) is 8.22. The number of nitrogens with zero attached hydrogens (tertiary/aromatic N) is 2. The lowest BCUT2D eigenvalue weighted by Crippen LogP contribution is -2.37. The highest BCUT2D eigenvalue weighted by Crippen LogP contribution is 2.26. The van der Waals surface area contributed by atoms with Gasteiger partial charge in [0.15, 0.2) is 0 Å². The Bertz CT molecular complexity index is 435. The normalized spacial score (nSPS) is 20.6. The number of aromatic amines is 1. The zero-order valence-corrected chi connectivity index (χ0v) is 11.8. The summed E-state index contributed by atoms with van der Waals surface area (Å²) < 4.78 is 0.520. The molecule has 2 rings (SSSR count). The van der Waals surface area contributed by atoms with E-state index in [0.717, 1.165) is 31.7 Å². The van der Waals surface area contributed by atoms with E-state index in [-0.39, 0.29) is 5.56 Å². The molecule has 1 atom stereocenters. The first-order valence-electron chi connectivity index (χ1n) is 5.76. The van der Waals surface area contributed by atoms with Gasteiger partial charge in [0, 0.05) is 19.0 Å². The van der Waals surface area contributed by atoms with Gasteiger partial charge in [-0.25, -0.2) is 4.98 Å². The van der Waals surface area contributed by atoms with Crippen molar-refractivity contribution in [3.05, 3.63) is 21.2 Å². The smallest absolute Gasteiger partial charge is 0.267 e. The Morgan fingerprint density at radius 1 is 1.65 bits per heavy atom. The molecule has 1 aliphatic rings. The van der Waals surface area contributed by atoms with Crippen LogP contribution in [-0.2, 0) is 0 Å². The highest BCUT2D eigenvalue weighted by Gasteiger charge is 2.22. The highest BCUT2D eigenvalue weighted by atomic mass is 79.9. The first kappa shape index (κ1) is 12.9. The van der Waals surface area contributed by atoms with Crippen LogP contribution in [0.25, 0.3) is 0 Å². The molecule has 17 heavy (non-hydrogen) atoms. The van der Waals surface area contributed by atoms with Crippen molar-refractivity contribution in [2.45, 2.75) is 19.3 Å². The zero-order chi connectivity index (χ0) is 12.3. The standard InChI is InChI=1S/C11H15BrClN3O/c12-9-10(14-7-15-11(9)17)16-5-1-2-8(6-16)3-4-13/h7-8H,1-6H2,(H,14,15,17). The van der Waals surface area contributed by atoms with Crippen molar-refractivity contribution in [1.29, 1.82) is 0 Å². The Kier molecular flexibility index (Phi) is 4.45. The van der Waals surface area contributed by atoms with Gasteiger partial charge in [-0.15, -0.1) is 11.6 Å². The summed E-state index contributed by atoms with van der Waals surface area (Å²) in [5.41, 5.74) is -0.130. The number of hydrogen-bond acceptors (Lipinski definition) is 3. The van der Waals surface area contributed by atoms with Gasteiger partial charge in [-0.3, -0.25) is 4.79 Å². The van der Waals surface area contributed by atoms with Gasteiger partial charge in [0.1, 0.15) is 10.3 Å². The van der Waals surface area contributed by atoms with E-state index in [4.69, 9.17) is 11.6 Å². The molecular weight excluding hydrogens is 305 g/mol. The summed E-state index contributed by atoms with van der Waals surface area (Å²) in [5, 5.41) is 0. The van der Waals surface area contributed by atoms with Crippen LogP contribution in [0.15, 0.2) is 15.6 Å². The molecule has 94 valence electrons. The van der Waals surface area contributed by atoms with E-state index in [1.807, 2.05) is 0 Å². The summed E-state index contributed by atoms with van der Waals surface area (Å²) in [7, 11) is 0. The second kappa shape index (κ2) is 5.87. The molecule has 1 aromatic heterocycles. The van der Waals surface area contributed by atoms with Gasteiger partial charge in [-0.2, -0.15) is 0 Å². The van der Waals surface area contributed by atoms with Crippen LogP contribution in [0.3, 0.4) is 0 Å². The maximum Gasteiger partial charge on any atom is 0.267 e. The molecule has 1 aromatic rings. The van der Waals surface area contributed by atoms with Gasteiger partial charge in [0.05, 0.1) is 6.33 Å². The van der Waals surface area contributed by atoms with E-state index in [0.29, 0.717) is 16.3 Å². The molecule has 1 saturated heterocycles. The van der Waals surface area contributed by atoms with Crippen molar-refractivity contribution >= 4 is 33.3 Å². The number of anilines is 1. The van der Waals surface area contributed by atoms with Crippen molar-refractivity contribution in [3.8, 4) is 0 Å². The lowest BCUT2D eigenvalue weighted by Gasteiger charge is -2.33. The Hall–Kier alpha value is -0.550. The first-order valence-corrected chi connectivity index (χ1v) is 7.09. The van der Waals surface area contributed by atoms with Crippen LogP contribution in [0.4, 0.5) is 5.82 Å². The molecule has 0 amide bonds. The third-order valence-electron chi connectivity index (χ3n) is 3.11. The molecule has 0 bridgehead atoms. The fourth-order valence-electron chi connectivity index (χ4n) is 2.24. The van der Waals surface area contributed by atoms with E-state index in [9.17, 15) is 4.79 Å². The molecule has 0 saturated carbocycles. The van der Waals surface area contributed by atoms with Gasteiger partial charge in [-0.05, 0) is 41.1 Å². The summed E-state index contributed by atoms with van der Waals surface area (Å²) in [6.45, 7) is 1.88. The molecular formula is C11H15BrClN3O. The van der Waals surface area contributed by atoms with Crippen LogP contribution in [0.2, 0.25) is 0 Å². The van der Waals surface area contributed by atoms with Gasteiger partial charge in [-0.1, -0.05) is 0 Å². The predicted octanol–water partition coefficient (Wildman–Crippen LogP) is 2.38. The molecule has 0 aromatic carbocycles. The zero-order valence-electron chi connectivity index (χ0n) is 9.46. The van der Waals surface area contributed by atoms with Crippen LogP contribution in [0.1, 0.15) is 19.3 Å². The SMILES string of the molecule is O=c1[nH]cnc(N2CCCC(CCCl)C2)c1Br. The number of alkyl halides is 1. The summed E-state index contributed by atoms with van der Waals surface area (Å²) in [6.07, 6.45) is 4.82. The van der Waals surface area contributed by atoms with Gasteiger partial charge in [0.2, 0.25) is 0 Å². The number of piperidine rings is 1. The van der Waals surface area contributed by atoms with Crippen LogP contribution in [0, 0.1) is 5.92 Å². The predicted molar refractivity (Wildman–Crippen MR) is 72.8 cm³/mol. The molecule has 4 nitrogen and oxygen atoms in total. The van der Waals surface area contributed by atoms with Crippen molar-refractivity contribution in [2.75, 3.05) is 23.9 Å². The van der Waals surface area contributed by atoms with E-state index >= 15 is 0 Å². The molecule has 1 fully saturated rings. The largest absolute Gasteiger partial charge is 0.355 e. The Balaban J connectivity index is 2.16. The van der Waals surface area contributed by atoms with Gasteiger partial charge >= 0.3 is 0 Å². The minimum Gasteiger partial charge on any atom is -0.355 e. The molecule has 1 aliphatic heterocycles. The van der Waals surface area contributed by atoms with Crippen molar-refractivity contribution in [2.24, 2.45) is 5.92 Å². The summed E-state index contributed by atoms with van der Waals surface area (Å²) >= 11 is 9.09. The lowest BCUT2D eigenvalue weighted by molar-refractivity contribution is 0.404. The lowest BCUT2D eigenvalue weighted by atomic mass is 9.95. The van der Waals surface area contributed by atoms with Crippen molar-refractivity contribution in [1.82, 2.24) is 9.97 Å². The summed E-state index contributed by atoms with van der Waals surface area (Å²) in [4.78, 5) is 20.5. The third kappa shape index (κ3) is 3.01. The van der Waals surface area contributed by atoms with Crippen LogP contribution in [-0.4, -0.2) is 28.9 Å². The number of H-pyrrole nitrogens is 1. The highest BCUT2D eigenvalue weighted by molar-refractivity contribution is 9.10. The third-order valence-corrected chi connectivity index (χ3v) is 4.05. The molecule has 6 heteroatoms. The van der Waals surface area contributed by atoms with E-state index in [2.05, 4.69) is 30.8 Å². The van der Waals surface area contributed by atoms with Gasteiger partial charge in [0.25, 0.3) is 5.56 Å². The van der Waals surface area contributed by atoms with E-state index in [1.165, 1.54) is 12.7 Å². The summed E-state index contributed by atoms with van der Waals surface area (Å²) in [6, 6.07) is 0. The second-order valence-electron chi connectivity index (χ2n) is 4.30. The van der Waals surface area contributed by atoms with Crippen LogP contribution in [0.5, 0.6) is 0 Å². The molecule has 1 unspecified atom stereocenters. The Morgan fingerprint density at radius 2 is 2.47 bits per heavy atom. The number of nitrogens with one attached hydrogen (secondary N) is 1. The maximum atomic E-state index is 11.5. The fourth-order valence-corrected chi connectivity index (χ4v) is 3.02. The topological polar surface area (TPSA) is 49.0 Å². The number of halogens is 2. The summed E-state index contributed by atoms with van der Waals surface area (Å²) in [5.74, 6) is 2.05. The van der Waals surface area contributed by atoms with Crippen LogP contribution < -0.4 is 10.5 Å². The second-order valence-corrected chi connectivity index (χ2v) is 5.47. The van der Waals surface area contributed by atoms with E-state index in [1.54, 1.807) is 0 Å². The Morgan fingerprint density at radius 3 is 3.24 bits per heavy atom. The Labute approximate surface area is 114 Å². The van der Waals surface area contributed by atoms with Crippen molar-refractivity contribution < 1.29 is 0 Å². The monoisotopic (exact) mass is 319 g/mol. The van der Waals surface area contributed by atoms with Gasteiger partial charge < -0.3 is 9.88 Å².